The van der Waals surface area contributed by atoms with Crippen molar-refractivity contribution in [1.82, 2.24) is 0 Å². The molecule has 0 saturated heterocycles. The monoisotopic (exact) mass is 394 g/mol. The molecule has 2 unspecified atom stereocenters. The Morgan fingerprint density at radius 2 is 1.54 bits per heavy atom. The van der Waals surface area contributed by atoms with Gasteiger partial charge in [0, 0.05) is 0 Å². The largest absolute Gasteiger partial charge is 0.508 e. The summed E-state index contributed by atoms with van der Waals surface area (Å²) in [5.41, 5.74) is -2.22. The highest BCUT2D eigenvalue weighted by Crippen LogP contribution is 2.39. The molecule has 28 heavy (non-hydrogen) atoms. The molecule has 1 aromatic rings. The topological polar surface area (TPSA) is 82.1 Å². The molecule has 0 spiro atoms. The summed E-state index contributed by atoms with van der Waals surface area (Å²) >= 11 is 0. The second kappa shape index (κ2) is 8.95. The number of carbonyl (C=O) groups is 2. The van der Waals surface area contributed by atoms with E-state index in [9.17, 15) is 14.7 Å². The van der Waals surface area contributed by atoms with E-state index in [1.165, 1.54) is 24.3 Å². The molecule has 0 fully saturated rings. The molecule has 0 saturated carbocycles. The number of esters is 2. The summed E-state index contributed by atoms with van der Waals surface area (Å²) in [6.45, 7) is 14.5. The zero-order valence-corrected chi connectivity index (χ0v) is 18.3. The Bertz CT molecular complexity index is 671. The zero-order chi connectivity index (χ0) is 21.8. The van der Waals surface area contributed by atoms with Gasteiger partial charge in [-0.1, -0.05) is 6.92 Å². The average molecular weight is 395 g/mol. The number of hydrogen-bond donors (Lipinski definition) is 1. The quantitative estimate of drug-likeness (QED) is 0.386. The van der Waals surface area contributed by atoms with Gasteiger partial charge in [-0.3, -0.25) is 9.59 Å². The fraction of sp³-hybridized carbons (Fsp3) is 0.636. The highest BCUT2D eigenvalue weighted by Gasteiger charge is 2.43. The van der Waals surface area contributed by atoms with E-state index in [1.807, 2.05) is 27.7 Å². The number of aromatic hydroxyl groups is 1. The minimum atomic E-state index is -0.908. The Balaban J connectivity index is 2.84. The standard InChI is InChI=1S/C22H34O6/c1-9-22(8,19(25)27-17-12-10-16(23)11-13-17)14-21(6,7)18(24)26-15(2)28-20(3,4)5/h10-13,15,23H,9,14H2,1-8H3. The molecule has 1 N–H and O–H groups in total. The normalized spacial score (nSPS) is 15.4. The van der Waals surface area contributed by atoms with E-state index < -0.39 is 34.7 Å². The van der Waals surface area contributed by atoms with Crippen LogP contribution in [0.4, 0.5) is 0 Å². The van der Waals surface area contributed by atoms with Gasteiger partial charge in [-0.25, -0.2) is 0 Å². The fourth-order valence-electron chi connectivity index (χ4n) is 2.97. The molecule has 0 radical (unpaired) electrons. The molecule has 0 aliphatic rings. The lowest BCUT2D eigenvalue weighted by Crippen LogP contribution is -2.41. The highest BCUT2D eigenvalue weighted by atomic mass is 16.7. The van der Waals surface area contributed by atoms with Gasteiger partial charge in [0.2, 0.25) is 6.29 Å². The van der Waals surface area contributed by atoms with Crippen molar-refractivity contribution in [2.45, 2.75) is 80.1 Å². The van der Waals surface area contributed by atoms with E-state index in [0.29, 0.717) is 12.2 Å². The molecule has 0 aliphatic carbocycles. The first-order chi connectivity index (χ1) is 12.7. The van der Waals surface area contributed by atoms with Crippen molar-refractivity contribution in [3.63, 3.8) is 0 Å². The van der Waals surface area contributed by atoms with Crippen molar-refractivity contribution < 1.29 is 28.9 Å². The molecule has 6 heteroatoms. The Hall–Kier alpha value is -2.08. The van der Waals surface area contributed by atoms with Gasteiger partial charge in [0.25, 0.3) is 0 Å². The molecule has 6 nitrogen and oxygen atoms in total. The van der Waals surface area contributed by atoms with Crippen LogP contribution in [0.3, 0.4) is 0 Å². The van der Waals surface area contributed by atoms with Crippen LogP contribution in [-0.4, -0.2) is 28.9 Å². The summed E-state index contributed by atoms with van der Waals surface area (Å²) < 4.78 is 16.6. The van der Waals surface area contributed by atoms with Crippen molar-refractivity contribution in [3.05, 3.63) is 24.3 Å². The van der Waals surface area contributed by atoms with Gasteiger partial charge in [0.05, 0.1) is 16.4 Å². The van der Waals surface area contributed by atoms with Crippen LogP contribution >= 0.6 is 0 Å². The third-order valence-corrected chi connectivity index (χ3v) is 4.50. The van der Waals surface area contributed by atoms with Crippen molar-refractivity contribution in [2.24, 2.45) is 10.8 Å². The second-order valence-corrected chi connectivity index (χ2v) is 9.06. The lowest BCUT2D eigenvalue weighted by atomic mass is 9.72. The third kappa shape index (κ3) is 7.15. The van der Waals surface area contributed by atoms with Crippen molar-refractivity contribution in [3.8, 4) is 11.5 Å². The molecule has 1 rings (SSSR count). The van der Waals surface area contributed by atoms with Crippen LogP contribution in [0.5, 0.6) is 11.5 Å². The predicted octanol–water partition coefficient (Wildman–Crippen LogP) is 4.83. The molecule has 0 aliphatic heterocycles. The number of phenols is 1. The van der Waals surface area contributed by atoms with Gasteiger partial charge >= 0.3 is 11.9 Å². The summed E-state index contributed by atoms with van der Waals surface area (Å²) in [5, 5.41) is 9.35. The molecule has 0 heterocycles. The SMILES string of the molecule is CCC(C)(CC(C)(C)C(=O)OC(C)OC(C)(C)C)C(=O)Oc1ccc(O)cc1. The lowest BCUT2D eigenvalue weighted by molar-refractivity contribution is -0.206. The summed E-state index contributed by atoms with van der Waals surface area (Å²) in [7, 11) is 0. The van der Waals surface area contributed by atoms with Crippen molar-refractivity contribution in [2.75, 3.05) is 0 Å². The molecule has 0 bridgehead atoms. The van der Waals surface area contributed by atoms with Gasteiger partial charge < -0.3 is 19.3 Å². The maximum absolute atomic E-state index is 12.8. The number of benzene rings is 1. The minimum Gasteiger partial charge on any atom is -0.508 e. The van der Waals surface area contributed by atoms with Crippen LogP contribution in [0.25, 0.3) is 0 Å². The molecular formula is C22H34O6. The predicted molar refractivity (Wildman–Crippen MR) is 107 cm³/mol. The third-order valence-electron chi connectivity index (χ3n) is 4.50. The van der Waals surface area contributed by atoms with E-state index in [-0.39, 0.29) is 12.2 Å². The Labute approximate surface area is 168 Å². The Morgan fingerprint density at radius 1 is 1.00 bits per heavy atom. The number of phenolic OH excluding ortho intramolecular Hbond substituents is 1. The second-order valence-electron chi connectivity index (χ2n) is 9.06. The average Bonchev–Trinajstić information content (AvgIpc) is 2.54. The number of carbonyl (C=O) groups excluding carboxylic acids is 2. The van der Waals surface area contributed by atoms with E-state index >= 15 is 0 Å². The summed E-state index contributed by atoms with van der Waals surface area (Å²) in [5.74, 6) is -0.425. The highest BCUT2D eigenvalue weighted by molar-refractivity contribution is 5.81. The molecule has 2 atom stereocenters. The Kier molecular flexibility index (Phi) is 7.66. The summed E-state index contributed by atoms with van der Waals surface area (Å²) in [4.78, 5) is 25.5. The molecule has 158 valence electrons. The van der Waals surface area contributed by atoms with Crippen LogP contribution in [0.2, 0.25) is 0 Å². The number of hydrogen-bond acceptors (Lipinski definition) is 6. The van der Waals surface area contributed by atoms with E-state index in [2.05, 4.69) is 0 Å². The first kappa shape index (κ1) is 24.0. The van der Waals surface area contributed by atoms with Crippen LogP contribution in [0, 0.1) is 10.8 Å². The van der Waals surface area contributed by atoms with E-state index in [4.69, 9.17) is 14.2 Å². The molecule has 0 aromatic heterocycles. The van der Waals surface area contributed by atoms with Crippen LogP contribution in [0.1, 0.15) is 68.2 Å². The van der Waals surface area contributed by atoms with Crippen LogP contribution < -0.4 is 4.74 Å². The smallest absolute Gasteiger partial charge is 0.317 e. The maximum Gasteiger partial charge on any atom is 0.317 e. The van der Waals surface area contributed by atoms with Gasteiger partial charge in [-0.05, 0) is 85.6 Å². The van der Waals surface area contributed by atoms with Crippen molar-refractivity contribution in [1.29, 1.82) is 0 Å². The lowest BCUT2D eigenvalue weighted by Gasteiger charge is -2.34. The van der Waals surface area contributed by atoms with Gasteiger partial charge in [-0.2, -0.15) is 0 Å². The maximum atomic E-state index is 12.8. The molecule has 0 amide bonds. The number of ether oxygens (including phenoxy) is 3. The first-order valence-corrected chi connectivity index (χ1v) is 9.59. The fourth-order valence-corrected chi connectivity index (χ4v) is 2.97. The Morgan fingerprint density at radius 3 is 2.00 bits per heavy atom. The van der Waals surface area contributed by atoms with Crippen molar-refractivity contribution >= 4 is 11.9 Å². The van der Waals surface area contributed by atoms with Gasteiger partial charge in [-0.15, -0.1) is 0 Å². The number of rotatable bonds is 8. The summed E-state index contributed by atoms with van der Waals surface area (Å²) in [6.07, 6.45) is 0.0620. The molecule has 1 aromatic carbocycles. The van der Waals surface area contributed by atoms with E-state index in [1.54, 1.807) is 27.7 Å². The van der Waals surface area contributed by atoms with Crippen LogP contribution in [-0.2, 0) is 19.1 Å². The zero-order valence-electron chi connectivity index (χ0n) is 18.3. The first-order valence-electron chi connectivity index (χ1n) is 9.59. The van der Waals surface area contributed by atoms with Crippen LogP contribution in [0.15, 0.2) is 24.3 Å². The molecular weight excluding hydrogens is 360 g/mol. The summed E-state index contributed by atoms with van der Waals surface area (Å²) in [6, 6.07) is 5.94. The van der Waals surface area contributed by atoms with Gasteiger partial charge in [0.15, 0.2) is 0 Å². The minimum absolute atomic E-state index is 0.0912. The van der Waals surface area contributed by atoms with E-state index in [0.717, 1.165) is 0 Å². The van der Waals surface area contributed by atoms with Gasteiger partial charge in [0.1, 0.15) is 11.5 Å².